The van der Waals surface area contributed by atoms with Crippen LogP contribution < -0.4 is 5.32 Å². The van der Waals surface area contributed by atoms with Crippen molar-refractivity contribution in [3.05, 3.63) is 0 Å². The molecule has 1 aliphatic rings. The molecule has 3 heteroatoms. The third kappa shape index (κ3) is 4.27. The highest BCUT2D eigenvalue weighted by atomic mass is 16.2. The van der Waals surface area contributed by atoms with Crippen molar-refractivity contribution in [3.8, 4) is 0 Å². The molecule has 2 unspecified atom stereocenters. The lowest BCUT2D eigenvalue weighted by atomic mass is 9.95. The van der Waals surface area contributed by atoms with Crippen molar-refractivity contribution in [2.24, 2.45) is 5.92 Å². The van der Waals surface area contributed by atoms with Crippen molar-refractivity contribution >= 4 is 5.91 Å². The second kappa shape index (κ2) is 7.78. The van der Waals surface area contributed by atoms with Crippen LogP contribution in [0.5, 0.6) is 0 Å². The number of carbonyl (C=O) groups excluding carboxylic acids is 1. The molecule has 0 spiro atoms. The lowest BCUT2D eigenvalue weighted by Crippen LogP contribution is -2.50. The average Bonchev–Trinajstić information content (AvgIpc) is 2.40. The van der Waals surface area contributed by atoms with Gasteiger partial charge >= 0.3 is 0 Å². The van der Waals surface area contributed by atoms with E-state index in [9.17, 15) is 4.79 Å². The van der Waals surface area contributed by atoms with Gasteiger partial charge in [0.2, 0.25) is 5.91 Å². The molecule has 106 valence electrons. The first-order valence-corrected chi connectivity index (χ1v) is 7.64. The molecule has 0 aromatic rings. The summed E-state index contributed by atoms with van der Waals surface area (Å²) in [7, 11) is 0. The number of carbonyl (C=O) groups is 1. The van der Waals surface area contributed by atoms with Gasteiger partial charge in [0, 0.05) is 19.1 Å². The van der Waals surface area contributed by atoms with Crippen LogP contribution >= 0.6 is 0 Å². The van der Waals surface area contributed by atoms with Crippen LogP contribution in [0.15, 0.2) is 0 Å². The topological polar surface area (TPSA) is 32.3 Å². The molecule has 0 aromatic carbocycles. The maximum absolute atomic E-state index is 12.3. The molecule has 0 aromatic heterocycles. The van der Waals surface area contributed by atoms with Crippen molar-refractivity contribution in [3.63, 3.8) is 0 Å². The molecule has 2 atom stereocenters. The summed E-state index contributed by atoms with van der Waals surface area (Å²) in [5.74, 6) is 0.953. The fourth-order valence-corrected chi connectivity index (χ4v) is 2.99. The van der Waals surface area contributed by atoms with Gasteiger partial charge in [-0.1, -0.05) is 26.7 Å². The molecule has 0 saturated carbocycles. The van der Waals surface area contributed by atoms with Crippen LogP contribution in [-0.4, -0.2) is 36.0 Å². The Hall–Kier alpha value is -0.570. The number of amides is 1. The molecule has 0 bridgehead atoms. The van der Waals surface area contributed by atoms with E-state index in [-0.39, 0.29) is 11.9 Å². The fraction of sp³-hybridized carbons (Fsp3) is 0.933. The van der Waals surface area contributed by atoms with Crippen LogP contribution in [0, 0.1) is 5.92 Å². The van der Waals surface area contributed by atoms with Gasteiger partial charge in [0.25, 0.3) is 0 Å². The zero-order valence-corrected chi connectivity index (χ0v) is 12.5. The van der Waals surface area contributed by atoms with Crippen LogP contribution in [0.3, 0.4) is 0 Å². The third-order valence-corrected chi connectivity index (χ3v) is 4.31. The summed E-state index contributed by atoms with van der Waals surface area (Å²) < 4.78 is 0. The zero-order chi connectivity index (χ0) is 13.5. The number of hydrogen-bond donors (Lipinski definition) is 1. The van der Waals surface area contributed by atoms with E-state index in [1.165, 1.54) is 32.1 Å². The number of piperidine rings is 1. The Morgan fingerprint density at radius 2 is 1.67 bits per heavy atom. The third-order valence-electron chi connectivity index (χ3n) is 4.31. The maximum Gasteiger partial charge on any atom is 0.239 e. The Morgan fingerprint density at radius 3 is 2.17 bits per heavy atom. The van der Waals surface area contributed by atoms with Gasteiger partial charge in [0.1, 0.15) is 0 Å². The molecule has 1 fully saturated rings. The van der Waals surface area contributed by atoms with Gasteiger partial charge in [-0.2, -0.15) is 0 Å². The Bertz CT molecular complexity index is 245. The first-order valence-electron chi connectivity index (χ1n) is 7.64. The summed E-state index contributed by atoms with van der Waals surface area (Å²) >= 11 is 0. The van der Waals surface area contributed by atoms with E-state index in [0.29, 0.717) is 12.0 Å². The number of likely N-dealkylation sites (tertiary alicyclic amines) is 1. The molecule has 18 heavy (non-hydrogen) atoms. The van der Waals surface area contributed by atoms with Gasteiger partial charge in [-0.3, -0.25) is 4.79 Å². The summed E-state index contributed by atoms with van der Waals surface area (Å²) in [6, 6.07) is 0.377. The molecule has 1 rings (SSSR count). The van der Waals surface area contributed by atoms with E-state index in [0.717, 1.165) is 13.1 Å². The van der Waals surface area contributed by atoms with E-state index < -0.39 is 0 Å². The standard InChI is InChI=1S/C15H30N2O/c1-5-14(6-2)12(3)16-13(4)15(18)17-10-8-7-9-11-17/h12-14,16H,5-11H2,1-4H3. The largest absolute Gasteiger partial charge is 0.341 e. The normalized spacial score (nSPS) is 19.9. The van der Waals surface area contributed by atoms with Crippen molar-refractivity contribution in [1.82, 2.24) is 10.2 Å². The Labute approximate surface area is 112 Å². The van der Waals surface area contributed by atoms with E-state index in [1.807, 2.05) is 11.8 Å². The highest BCUT2D eigenvalue weighted by molar-refractivity contribution is 5.81. The van der Waals surface area contributed by atoms with Crippen LogP contribution in [0.25, 0.3) is 0 Å². The summed E-state index contributed by atoms with van der Waals surface area (Å²) in [4.78, 5) is 14.3. The Balaban J connectivity index is 2.43. The van der Waals surface area contributed by atoms with Gasteiger partial charge in [0.05, 0.1) is 6.04 Å². The second-order valence-electron chi connectivity index (χ2n) is 5.64. The lowest BCUT2D eigenvalue weighted by molar-refractivity contribution is -0.134. The van der Waals surface area contributed by atoms with Crippen molar-refractivity contribution in [2.75, 3.05) is 13.1 Å². The minimum Gasteiger partial charge on any atom is -0.341 e. The minimum atomic E-state index is -0.0429. The summed E-state index contributed by atoms with van der Waals surface area (Å²) in [6.07, 6.45) is 5.96. The van der Waals surface area contributed by atoms with E-state index in [4.69, 9.17) is 0 Å². The molecule has 1 aliphatic heterocycles. The van der Waals surface area contributed by atoms with Crippen LogP contribution in [0.1, 0.15) is 59.8 Å². The number of rotatable bonds is 6. The van der Waals surface area contributed by atoms with Gasteiger partial charge < -0.3 is 10.2 Å². The molecule has 0 aliphatic carbocycles. The molecule has 0 radical (unpaired) electrons. The molecule has 3 nitrogen and oxygen atoms in total. The van der Waals surface area contributed by atoms with E-state index in [1.54, 1.807) is 0 Å². The smallest absolute Gasteiger partial charge is 0.239 e. The Morgan fingerprint density at radius 1 is 1.11 bits per heavy atom. The van der Waals surface area contributed by atoms with Crippen LogP contribution in [-0.2, 0) is 4.79 Å². The van der Waals surface area contributed by atoms with E-state index >= 15 is 0 Å². The second-order valence-corrected chi connectivity index (χ2v) is 5.64. The van der Waals surface area contributed by atoms with Crippen LogP contribution in [0.4, 0.5) is 0 Å². The number of nitrogens with zero attached hydrogens (tertiary/aromatic N) is 1. The van der Waals surface area contributed by atoms with Gasteiger partial charge in [-0.25, -0.2) is 0 Å². The fourth-order valence-electron chi connectivity index (χ4n) is 2.99. The lowest BCUT2D eigenvalue weighted by Gasteiger charge is -2.32. The average molecular weight is 254 g/mol. The summed E-state index contributed by atoms with van der Waals surface area (Å²) in [5, 5.41) is 3.49. The summed E-state index contributed by atoms with van der Waals surface area (Å²) in [6.45, 7) is 10.6. The molecule has 1 saturated heterocycles. The van der Waals surface area contributed by atoms with Gasteiger partial charge in [-0.05, 0) is 39.0 Å². The molecular weight excluding hydrogens is 224 g/mol. The SMILES string of the molecule is CCC(CC)C(C)NC(C)C(=O)N1CCCCC1. The summed E-state index contributed by atoms with van der Waals surface area (Å²) in [5.41, 5.74) is 0. The highest BCUT2D eigenvalue weighted by Crippen LogP contribution is 2.14. The zero-order valence-electron chi connectivity index (χ0n) is 12.5. The van der Waals surface area contributed by atoms with Gasteiger partial charge in [0.15, 0.2) is 0 Å². The minimum absolute atomic E-state index is 0.0429. The predicted molar refractivity (Wildman–Crippen MR) is 76.6 cm³/mol. The molecule has 1 amide bonds. The van der Waals surface area contributed by atoms with Crippen molar-refractivity contribution < 1.29 is 4.79 Å². The van der Waals surface area contributed by atoms with Crippen LogP contribution in [0.2, 0.25) is 0 Å². The van der Waals surface area contributed by atoms with Crippen molar-refractivity contribution in [1.29, 1.82) is 0 Å². The quantitative estimate of drug-likeness (QED) is 0.790. The molecule has 1 N–H and O–H groups in total. The molecule has 1 heterocycles. The number of hydrogen-bond acceptors (Lipinski definition) is 2. The highest BCUT2D eigenvalue weighted by Gasteiger charge is 2.24. The number of nitrogens with one attached hydrogen (secondary N) is 1. The van der Waals surface area contributed by atoms with Gasteiger partial charge in [-0.15, -0.1) is 0 Å². The monoisotopic (exact) mass is 254 g/mol. The van der Waals surface area contributed by atoms with E-state index in [2.05, 4.69) is 26.1 Å². The molecular formula is C15H30N2O. The first-order chi connectivity index (χ1) is 8.60. The maximum atomic E-state index is 12.3. The first kappa shape index (κ1) is 15.5. The predicted octanol–water partition coefficient (Wildman–Crippen LogP) is 2.80. The van der Waals surface area contributed by atoms with Crippen molar-refractivity contribution in [2.45, 2.75) is 71.9 Å². The Kier molecular flexibility index (Phi) is 6.69.